The molecular formula is C15H16N2O3S. The van der Waals surface area contributed by atoms with Crippen LogP contribution in [0.1, 0.15) is 12.8 Å². The number of thioether (sulfide) groups is 1. The maximum atomic E-state index is 11.9. The lowest BCUT2D eigenvalue weighted by atomic mass is 10.2. The fraction of sp³-hybridized carbons (Fsp3) is 0.333. The Balaban J connectivity index is 1.62. The summed E-state index contributed by atoms with van der Waals surface area (Å²) in [7, 11) is 0. The highest BCUT2D eigenvalue weighted by atomic mass is 32.2. The van der Waals surface area contributed by atoms with Gasteiger partial charge in [-0.3, -0.25) is 9.59 Å². The Morgan fingerprint density at radius 2 is 2.33 bits per heavy atom. The molecule has 2 heterocycles. The first-order valence-corrected chi connectivity index (χ1v) is 7.73. The van der Waals surface area contributed by atoms with Gasteiger partial charge in [-0.05, 0) is 25.0 Å². The summed E-state index contributed by atoms with van der Waals surface area (Å²) in [4.78, 5) is 25.2. The van der Waals surface area contributed by atoms with E-state index >= 15 is 0 Å². The molecule has 0 bridgehead atoms. The number of amides is 2. The van der Waals surface area contributed by atoms with Crippen molar-refractivity contribution in [2.24, 2.45) is 0 Å². The van der Waals surface area contributed by atoms with Crippen LogP contribution in [0, 0.1) is 0 Å². The lowest BCUT2D eigenvalue weighted by Gasteiger charge is -2.18. The average molecular weight is 304 g/mol. The molecule has 0 aromatic heterocycles. The van der Waals surface area contributed by atoms with Crippen LogP contribution in [0.25, 0.3) is 0 Å². The molecule has 0 spiro atoms. The zero-order valence-corrected chi connectivity index (χ0v) is 12.2. The highest BCUT2D eigenvalue weighted by Crippen LogP contribution is 2.37. The fourth-order valence-electron chi connectivity index (χ4n) is 2.29. The molecule has 0 radical (unpaired) electrons. The molecule has 0 aliphatic carbocycles. The van der Waals surface area contributed by atoms with E-state index in [1.807, 2.05) is 24.3 Å². The van der Waals surface area contributed by atoms with Gasteiger partial charge < -0.3 is 15.4 Å². The number of ether oxygens (including phenoxy) is 1. The monoisotopic (exact) mass is 304 g/mol. The lowest BCUT2D eigenvalue weighted by Crippen LogP contribution is -2.31. The average Bonchev–Trinajstić information content (AvgIpc) is 2.99. The maximum absolute atomic E-state index is 11.9. The van der Waals surface area contributed by atoms with Gasteiger partial charge in [0.15, 0.2) is 0 Å². The van der Waals surface area contributed by atoms with Gasteiger partial charge in [-0.25, -0.2) is 0 Å². The van der Waals surface area contributed by atoms with Gasteiger partial charge in [-0.1, -0.05) is 23.9 Å². The highest BCUT2D eigenvalue weighted by Gasteiger charge is 2.22. The molecule has 1 unspecified atom stereocenters. The molecule has 1 fully saturated rings. The standard InChI is InChI=1S/C15H16N2O3S/c18-14(16-9-10-4-3-7-20-10)8-13-15(19)17-11-5-1-2-6-12(11)21-13/h1-2,5-6,8,10H,3-4,7,9H2,(H,16,18)(H,17,19)/b13-8+. The molecule has 2 amide bonds. The number of carbonyl (C=O) groups excluding carboxylic acids is 2. The largest absolute Gasteiger partial charge is 0.376 e. The quantitative estimate of drug-likeness (QED) is 0.837. The van der Waals surface area contributed by atoms with E-state index in [-0.39, 0.29) is 17.9 Å². The molecule has 1 aromatic carbocycles. The normalized spacial score (nSPS) is 22.8. The van der Waals surface area contributed by atoms with Crippen LogP contribution < -0.4 is 10.6 Å². The predicted octanol–water partition coefficient (Wildman–Crippen LogP) is 1.91. The summed E-state index contributed by atoms with van der Waals surface area (Å²) in [5.41, 5.74) is 0.782. The summed E-state index contributed by atoms with van der Waals surface area (Å²) in [5.74, 6) is -0.506. The van der Waals surface area contributed by atoms with Crippen molar-refractivity contribution in [1.29, 1.82) is 0 Å². The summed E-state index contributed by atoms with van der Waals surface area (Å²) >= 11 is 1.31. The topological polar surface area (TPSA) is 67.4 Å². The second-order valence-corrected chi connectivity index (χ2v) is 6.02. The Kier molecular flexibility index (Phi) is 4.26. The van der Waals surface area contributed by atoms with Crippen molar-refractivity contribution in [2.75, 3.05) is 18.5 Å². The van der Waals surface area contributed by atoms with Gasteiger partial charge in [-0.2, -0.15) is 0 Å². The van der Waals surface area contributed by atoms with Crippen molar-refractivity contribution >= 4 is 29.3 Å². The number of benzene rings is 1. The van der Waals surface area contributed by atoms with Crippen LogP contribution in [0.3, 0.4) is 0 Å². The molecule has 0 saturated carbocycles. The molecule has 2 aliphatic rings. The van der Waals surface area contributed by atoms with Crippen molar-refractivity contribution < 1.29 is 14.3 Å². The Morgan fingerprint density at radius 3 is 3.14 bits per heavy atom. The summed E-state index contributed by atoms with van der Waals surface area (Å²) in [6, 6.07) is 7.52. The van der Waals surface area contributed by atoms with Gasteiger partial charge in [0.2, 0.25) is 5.91 Å². The minimum atomic E-state index is -0.262. The highest BCUT2D eigenvalue weighted by molar-refractivity contribution is 8.04. The number of para-hydroxylation sites is 1. The second-order valence-electron chi connectivity index (χ2n) is 4.94. The fourth-order valence-corrected chi connectivity index (χ4v) is 3.21. The minimum Gasteiger partial charge on any atom is -0.376 e. The smallest absolute Gasteiger partial charge is 0.262 e. The molecule has 1 aromatic rings. The molecule has 110 valence electrons. The molecule has 2 aliphatic heterocycles. The first-order valence-electron chi connectivity index (χ1n) is 6.92. The number of nitrogens with one attached hydrogen (secondary N) is 2. The molecule has 5 nitrogen and oxygen atoms in total. The van der Waals surface area contributed by atoms with Crippen molar-refractivity contribution in [3.05, 3.63) is 35.2 Å². The predicted molar refractivity (Wildman–Crippen MR) is 81.0 cm³/mol. The van der Waals surface area contributed by atoms with Crippen molar-refractivity contribution in [1.82, 2.24) is 5.32 Å². The molecule has 21 heavy (non-hydrogen) atoms. The molecular weight excluding hydrogens is 288 g/mol. The zero-order chi connectivity index (χ0) is 14.7. The van der Waals surface area contributed by atoms with Gasteiger partial charge in [-0.15, -0.1) is 0 Å². The molecule has 1 atom stereocenters. The number of fused-ring (bicyclic) bond motifs is 1. The first kappa shape index (κ1) is 14.2. The van der Waals surface area contributed by atoms with Gasteiger partial charge in [0, 0.05) is 24.1 Å². The maximum Gasteiger partial charge on any atom is 0.262 e. The van der Waals surface area contributed by atoms with Crippen LogP contribution in [0.15, 0.2) is 40.1 Å². The van der Waals surface area contributed by atoms with E-state index in [1.165, 1.54) is 17.8 Å². The minimum absolute atomic E-state index is 0.0981. The third kappa shape index (κ3) is 3.46. The zero-order valence-electron chi connectivity index (χ0n) is 11.4. The Labute approximate surface area is 127 Å². The molecule has 2 N–H and O–H groups in total. The summed E-state index contributed by atoms with van der Waals surface area (Å²) < 4.78 is 5.44. The number of hydrogen-bond acceptors (Lipinski definition) is 4. The molecule has 6 heteroatoms. The van der Waals surface area contributed by atoms with E-state index in [0.717, 1.165) is 30.0 Å². The van der Waals surface area contributed by atoms with E-state index in [4.69, 9.17) is 4.74 Å². The lowest BCUT2D eigenvalue weighted by molar-refractivity contribution is -0.117. The Hall–Kier alpha value is -1.79. The van der Waals surface area contributed by atoms with Crippen LogP contribution in [-0.4, -0.2) is 31.1 Å². The van der Waals surface area contributed by atoms with Crippen LogP contribution in [0.5, 0.6) is 0 Å². The van der Waals surface area contributed by atoms with E-state index < -0.39 is 0 Å². The summed E-state index contributed by atoms with van der Waals surface area (Å²) in [5, 5.41) is 5.56. The first-order chi connectivity index (χ1) is 10.2. The molecule has 1 saturated heterocycles. The van der Waals surface area contributed by atoms with E-state index in [2.05, 4.69) is 10.6 Å². The van der Waals surface area contributed by atoms with E-state index in [9.17, 15) is 9.59 Å². The van der Waals surface area contributed by atoms with Gasteiger partial charge in [0.05, 0.1) is 16.7 Å². The van der Waals surface area contributed by atoms with Gasteiger partial charge in [0.25, 0.3) is 5.91 Å². The number of rotatable bonds is 3. The van der Waals surface area contributed by atoms with Crippen molar-refractivity contribution in [2.45, 2.75) is 23.8 Å². The van der Waals surface area contributed by atoms with Crippen LogP contribution in [-0.2, 0) is 14.3 Å². The number of hydrogen-bond donors (Lipinski definition) is 2. The van der Waals surface area contributed by atoms with Crippen LogP contribution in [0.4, 0.5) is 5.69 Å². The number of anilines is 1. The number of carbonyl (C=O) groups is 2. The van der Waals surface area contributed by atoms with Gasteiger partial charge >= 0.3 is 0 Å². The molecule has 3 rings (SSSR count). The summed E-state index contributed by atoms with van der Waals surface area (Å²) in [6.45, 7) is 1.25. The summed E-state index contributed by atoms with van der Waals surface area (Å²) in [6.07, 6.45) is 3.46. The second kappa shape index (κ2) is 6.32. The van der Waals surface area contributed by atoms with Crippen molar-refractivity contribution in [3.63, 3.8) is 0 Å². The SMILES string of the molecule is O=C(/C=C1/Sc2ccccc2NC1=O)NCC1CCCO1. The third-order valence-corrected chi connectivity index (χ3v) is 4.47. The van der Waals surface area contributed by atoms with Crippen LogP contribution in [0.2, 0.25) is 0 Å². The third-order valence-electron chi connectivity index (χ3n) is 3.37. The van der Waals surface area contributed by atoms with Crippen molar-refractivity contribution in [3.8, 4) is 0 Å². The van der Waals surface area contributed by atoms with Gasteiger partial charge in [0.1, 0.15) is 0 Å². The van der Waals surface area contributed by atoms with E-state index in [0.29, 0.717) is 11.4 Å². The Bertz CT molecular complexity index is 594. The van der Waals surface area contributed by atoms with E-state index in [1.54, 1.807) is 0 Å². The van der Waals surface area contributed by atoms with Crippen LogP contribution >= 0.6 is 11.8 Å². The Morgan fingerprint density at radius 1 is 1.48 bits per heavy atom.